The van der Waals surface area contributed by atoms with E-state index in [0.717, 1.165) is 16.9 Å². The maximum atomic E-state index is 5.51. The van der Waals surface area contributed by atoms with Crippen molar-refractivity contribution in [1.82, 2.24) is 0 Å². The Bertz CT molecular complexity index is 601. The molecule has 2 rings (SSSR count). The van der Waals surface area contributed by atoms with Crippen LogP contribution in [-0.4, -0.2) is 7.11 Å². The first-order chi connectivity index (χ1) is 9.15. The van der Waals surface area contributed by atoms with E-state index in [-0.39, 0.29) is 0 Å². The number of terminal acetylenes is 1. The molecule has 0 aliphatic rings. The highest BCUT2D eigenvalue weighted by Crippen LogP contribution is 2.27. The molecule has 0 radical (unpaired) electrons. The van der Waals surface area contributed by atoms with Crippen molar-refractivity contribution < 1.29 is 4.74 Å². The minimum Gasteiger partial charge on any atom is -0.495 e. The summed E-state index contributed by atoms with van der Waals surface area (Å²) in [4.78, 5) is 0. The zero-order valence-corrected chi connectivity index (χ0v) is 11.6. The summed E-state index contributed by atoms with van der Waals surface area (Å²) in [6.07, 6.45) is 5.51. The smallest absolute Gasteiger partial charge is 0.134 e. The molecule has 2 aromatic carbocycles. The van der Waals surface area contributed by atoms with E-state index in [1.807, 2.05) is 18.2 Å². The van der Waals surface area contributed by atoms with E-state index < -0.39 is 0 Å². The van der Waals surface area contributed by atoms with E-state index in [1.54, 1.807) is 7.11 Å². The lowest BCUT2D eigenvalue weighted by Crippen LogP contribution is -1.90. The van der Waals surface area contributed by atoms with E-state index in [0.29, 0.717) is 5.92 Å². The molecule has 1 heteroatoms. The first-order valence-corrected chi connectivity index (χ1v) is 6.40. The van der Waals surface area contributed by atoms with Crippen molar-refractivity contribution in [1.29, 1.82) is 0 Å². The van der Waals surface area contributed by atoms with Crippen molar-refractivity contribution in [2.45, 2.75) is 19.8 Å². The van der Waals surface area contributed by atoms with Crippen LogP contribution in [-0.2, 0) is 0 Å². The number of methoxy groups -OCH3 is 1. The Hall–Kier alpha value is -2.20. The molecule has 1 nitrogen and oxygen atoms in total. The van der Waals surface area contributed by atoms with E-state index in [2.05, 4.69) is 44.0 Å². The van der Waals surface area contributed by atoms with Gasteiger partial charge in [-0.2, -0.15) is 0 Å². The molecule has 0 fully saturated rings. The maximum Gasteiger partial charge on any atom is 0.134 e. The van der Waals surface area contributed by atoms with Gasteiger partial charge in [0.1, 0.15) is 5.75 Å². The summed E-state index contributed by atoms with van der Waals surface area (Å²) in [5.41, 5.74) is 4.41. The summed E-state index contributed by atoms with van der Waals surface area (Å²) >= 11 is 0. The Balaban J connectivity index is 2.39. The first-order valence-electron chi connectivity index (χ1n) is 6.40. The molecule has 0 spiro atoms. The summed E-state index contributed by atoms with van der Waals surface area (Å²) < 4.78 is 5.24. The molecular formula is C18H18O. The van der Waals surface area contributed by atoms with Gasteiger partial charge in [-0.05, 0) is 34.7 Å². The van der Waals surface area contributed by atoms with E-state index >= 15 is 0 Å². The average molecular weight is 250 g/mol. The average Bonchev–Trinajstić information content (AvgIpc) is 2.46. The molecule has 96 valence electrons. The highest BCUT2D eigenvalue weighted by Gasteiger charge is 2.05. The van der Waals surface area contributed by atoms with Crippen LogP contribution in [0.4, 0.5) is 0 Å². The molecule has 2 aromatic rings. The molecule has 0 bridgehead atoms. The quantitative estimate of drug-likeness (QED) is 0.730. The minimum absolute atomic E-state index is 0.547. The fourth-order valence-corrected chi connectivity index (χ4v) is 2.06. The number of rotatable bonds is 3. The van der Waals surface area contributed by atoms with Crippen molar-refractivity contribution >= 4 is 0 Å². The Morgan fingerprint density at radius 1 is 1.00 bits per heavy atom. The highest BCUT2D eigenvalue weighted by atomic mass is 16.5. The molecule has 0 aliphatic heterocycles. The van der Waals surface area contributed by atoms with Gasteiger partial charge in [0.05, 0.1) is 12.7 Å². The third kappa shape index (κ3) is 2.80. The van der Waals surface area contributed by atoms with Crippen LogP contribution < -0.4 is 4.74 Å². The Kier molecular flexibility index (Phi) is 3.92. The van der Waals surface area contributed by atoms with Gasteiger partial charge in [-0.25, -0.2) is 0 Å². The molecule has 0 amide bonds. The van der Waals surface area contributed by atoms with Crippen molar-refractivity contribution in [2.75, 3.05) is 7.11 Å². The zero-order valence-electron chi connectivity index (χ0n) is 11.6. The van der Waals surface area contributed by atoms with Gasteiger partial charge in [-0.3, -0.25) is 0 Å². The first kappa shape index (κ1) is 13.2. The van der Waals surface area contributed by atoms with Gasteiger partial charge in [0.15, 0.2) is 0 Å². The van der Waals surface area contributed by atoms with Gasteiger partial charge in [-0.15, -0.1) is 6.42 Å². The van der Waals surface area contributed by atoms with Crippen molar-refractivity contribution in [3.05, 3.63) is 53.6 Å². The lowest BCUT2D eigenvalue weighted by molar-refractivity contribution is 0.413. The summed E-state index contributed by atoms with van der Waals surface area (Å²) in [5.74, 6) is 3.95. The summed E-state index contributed by atoms with van der Waals surface area (Å²) in [5, 5.41) is 0. The Morgan fingerprint density at radius 2 is 1.63 bits per heavy atom. The molecule has 0 aliphatic carbocycles. The van der Waals surface area contributed by atoms with Crippen LogP contribution in [0.5, 0.6) is 5.75 Å². The molecule has 0 unspecified atom stereocenters. The molecule has 0 atom stereocenters. The van der Waals surface area contributed by atoms with E-state index in [9.17, 15) is 0 Å². The van der Waals surface area contributed by atoms with Gasteiger partial charge < -0.3 is 4.74 Å². The Morgan fingerprint density at radius 3 is 2.16 bits per heavy atom. The third-order valence-corrected chi connectivity index (χ3v) is 3.27. The molecule has 0 N–H and O–H groups in total. The van der Waals surface area contributed by atoms with Gasteiger partial charge in [0, 0.05) is 0 Å². The summed E-state index contributed by atoms with van der Waals surface area (Å²) in [7, 11) is 1.63. The maximum absolute atomic E-state index is 5.51. The molecule has 0 saturated heterocycles. The predicted octanol–water partition coefficient (Wildman–Crippen LogP) is 4.47. The fourth-order valence-electron chi connectivity index (χ4n) is 2.06. The summed E-state index contributed by atoms with van der Waals surface area (Å²) in [6.45, 7) is 4.39. The highest BCUT2D eigenvalue weighted by molar-refractivity contribution is 5.67. The Labute approximate surface area is 115 Å². The van der Waals surface area contributed by atoms with Crippen LogP contribution in [0, 0.1) is 12.3 Å². The largest absolute Gasteiger partial charge is 0.495 e. The summed E-state index contributed by atoms with van der Waals surface area (Å²) in [6, 6.07) is 14.5. The van der Waals surface area contributed by atoms with Crippen LogP contribution in [0.1, 0.15) is 30.9 Å². The minimum atomic E-state index is 0.547. The number of ether oxygens (including phenoxy) is 1. The topological polar surface area (TPSA) is 9.23 Å². The van der Waals surface area contributed by atoms with Crippen LogP contribution >= 0.6 is 0 Å². The van der Waals surface area contributed by atoms with Crippen molar-refractivity contribution in [3.8, 4) is 29.2 Å². The fraction of sp³-hybridized carbons (Fsp3) is 0.222. The number of benzene rings is 2. The lowest BCUT2D eigenvalue weighted by atomic mass is 9.98. The number of hydrogen-bond acceptors (Lipinski definition) is 1. The molecule has 0 aromatic heterocycles. The molecule has 0 heterocycles. The molecular weight excluding hydrogens is 232 g/mol. The van der Waals surface area contributed by atoms with Crippen LogP contribution in [0.2, 0.25) is 0 Å². The van der Waals surface area contributed by atoms with Crippen LogP contribution in [0.25, 0.3) is 11.1 Å². The third-order valence-electron chi connectivity index (χ3n) is 3.27. The second-order valence-electron chi connectivity index (χ2n) is 4.84. The lowest BCUT2D eigenvalue weighted by Gasteiger charge is -2.09. The second kappa shape index (κ2) is 5.63. The van der Waals surface area contributed by atoms with Gasteiger partial charge in [0.2, 0.25) is 0 Å². The molecule has 19 heavy (non-hydrogen) atoms. The van der Waals surface area contributed by atoms with E-state index in [4.69, 9.17) is 11.2 Å². The van der Waals surface area contributed by atoms with Crippen LogP contribution in [0.3, 0.4) is 0 Å². The predicted molar refractivity (Wildman–Crippen MR) is 80.5 cm³/mol. The normalized spacial score (nSPS) is 10.3. The van der Waals surface area contributed by atoms with Gasteiger partial charge >= 0.3 is 0 Å². The van der Waals surface area contributed by atoms with E-state index in [1.165, 1.54) is 11.1 Å². The zero-order chi connectivity index (χ0) is 13.8. The SMILES string of the molecule is C#Cc1cc(-c2ccc(C(C)C)cc2)ccc1OC. The standard InChI is InChI=1S/C18H18O/c1-5-14-12-17(10-11-18(14)19-4)16-8-6-15(7-9-16)13(2)3/h1,6-13H,2-4H3. The molecule has 0 saturated carbocycles. The monoisotopic (exact) mass is 250 g/mol. The van der Waals surface area contributed by atoms with Crippen LogP contribution in [0.15, 0.2) is 42.5 Å². The van der Waals surface area contributed by atoms with Gasteiger partial charge in [0.25, 0.3) is 0 Å². The second-order valence-corrected chi connectivity index (χ2v) is 4.84. The van der Waals surface area contributed by atoms with Crippen molar-refractivity contribution in [2.24, 2.45) is 0 Å². The van der Waals surface area contributed by atoms with Crippen molar-refractivity contribution in [3.63, 3.8) is 0 Å². The van der Waals surface area contributed by atoms with Gasteiger partial charge in [-0.1, -0.05) is 50.1 Å². The number of hydrogen-bond donors (Lipinski definition) is 0.